The van der Waals surface area contributed by atoms with E-state index < -0.39 is 28.0 Å². The van der Waals surface area contributed by atoms with Gasteiger partial charge in [-0.25, -0.2) is 17.9 Å². The molecule has 9 heteroatoms. The molecule has 1 amide bonds. The molecular weight excluding hydrogens is 420 g/mol. The number of anilines is 1. The van der Waals surface area contributed by atoms with Crippen molar-refractivity contribution in [3.8, 4) is 0 Å². The van der Waals surface area contributed by atoms with Crippen LogP contribution in [0, 0.1) is 0 Å². The summed E-state index contributed by atoms with van der Waals surface area (Å²) >= 11 is 0. The average Bonchev–Trinajstić information content (AvgIpc) is 2.73. The number of hydrogen-bond donors (Lipinski definition) is 2. The summed E-state index contributed by atoms with van der Waals surface area (Å²) in [5, 5.41) is 2.58. The molecule has 2 rings (SSSR count). The summed E-state index contributed by atoms with van der Waals surface area (Å²) in [5.74, 6) is -1.58. The number of hydrogen-bond acceptors (Lipinski definition) is 6. The molecule has 0 aliphatic rings. The Bertz CT molecular complexity index is 1060. The van der Waals surface area contributed by atoms with Crippen molar-refractivity contribution in [1.82, 2.24) is 4.72 Å². The van der Waals surface area contributed by atoms with Crippen LogP contribution in [0.4, 0.5) is 5.69 Å². The van der Waals surface area contributed by atoms with Gasteiger partial charge >= 0.3 is 5.97 Å². The first-order valence-corrected chi connectivity index (χ1v) is 11.3. The lowest BCUT2D eigenvalue weighted by molar-refractivity contribution is -0.123. The number of nitrogens with one attached hydrogen (secondary N) is 2. The second kappa shape index (κ2) is 10.3. The smallest absolute Gasteiger partial charge is 0.338 e. The van der Waals surface area contributed by atoms with E-state index in [0.717, 1.165) is 0 Å². The highest BCUT2D eigenvalue weighted by Crippen LogP contribution is 2.17. The fraction of sp³-hybridized carbons (Fsp3) is 0.318. The topological polar surface area (TPSA) is 119 Å². The van der Waals surface area contributed by atoms with Gasteiger partial charge in [0.2, 0.25) is 10.0 Å². The molecule has 8 nitrogen and oxygen atoms in total. The number of esters is 1. The molecule has 31 heavy (non-hydrogen) atoms. The zero-order valence-corrected chi connectivity index (χ0v) is 18.7. The Morgan fingerprint density at radius 3 is 2.19 bits per heavy atom. The van der Waals surface area contributed by atoms with E-state index in [4.69, 9.17) is 4.74 Å². The fourth-order valence-corrected chi connectivity index (χ4v) is 3.93. The van der Waals surface area contributed by atoms with Crippen LogP contribution in [-0.4, -0.2) is 38.2 Å². The number of Topliss-reactive ketones (excluding diaryl/α,β-unsaturated/α-hetero) is 1. The van der Waals surface area contributed by atoms with E-state index in [9.17, 15) is 22.8 Å². The second-order valence-corrected chi connectivity index (χ2v) is 8.81. The third-order valence-corrected chi connectivity index (χ3v) is 6.19. The minimum absolute atomic E-state index is 0.0241. The predicted molar refractivity (Wildman–Crippen MR) is 116 cm³/mol. The summed E-state index contributed by atoms with van der Waals surface area (Å²) in [6.45, 7) is 6.40. The van der Waals surface area contributed by atoms with Gasteiger partial charge in [0.1, 0.15) is 0 Å². The van der Waals surface area contributed by atoms with E-state index >= 15 is 0 Å². The van der Waals surface area contributed by atoms with Crippen LogP contribution in [0.15, 0.2) is 53.4 Å². The maximum Gasteiger partial charge on any atom is 0.338 e. The molecular formula is C22H26N2O6S. The number of ketones is 1. The van der Waals surface area contributed by atoms with E-state index in [1.807, 2.05) is 6.92 Å². The molecule has 2 unspecified atom stereocenters. The molecule has 166 valence electrons. The van der Waals surface area contributed by atoms with Gasteiger partial charge < -0.3 is 10.1 Å². The first kappa shape index (κ1) is 24.2. The highest BCUT2D eigenvalue weighted by molar-refractivity contribution is 7.89. The monoisotopic (exact) mass is 446 g/mol. The average molecular weight is 447 g/mol. The normalized spacial score (nSPS) is 13.2. The van der Waals surface area contributed by atoms with Gasteiger partial charge in [-0.05, 0) is 63.6 Å². The maximum absolute atomic E-state index is 12.4. The van der Waals surface area contributed by atoms with Crippen molar-refractivity contribution < 1.29 is 27.5 Å². The molecule has 2 aromatic rings. The van der Waals surface area contributed by atoms with Crippen molar-refractivity contribution in [3.63, 3.8) is 0 Å². The van der Waals surface area contributed by atoms with Crippen molar-refractivity contribution in [3.05, 3.63) is 59.7 Å². The lowest BCUT2D eigenvalue weighted by Gasteiger charge is -2.15. The highest BCUT2D eigenvalue weighted by atomic mass is 32.2. The van der Waals surface area contributed by atoms with Crippen LogP contribution in [0.5, 0.6) is 0 Å². The minimum atomic E-state index is -3.69. The quantitative estimate of drug-likeness (QED) is 0.451. The van der Waals surface area contributed by atoms with Crippen molar-refractivity contribution in [1.29, 1.82) is 0 Å². The third-order valence-electron chi connectivity index (χ3n) is 4.59. The van der Waals surface area contributed by atoms with Crippen LogP contribution in [0.3, 0.4) is 0 Å². The number of carbonyl (C=O) groups is 3. The second-order valence-electron chi connectivity index (χ2n) is 7.09. The van der Waals surface area contributed by atoms with Gasteiger partial charge in [-0.2, -0.15) is 0 Å². The molecule has 0 aliphatic carbocycles. The predicted octanol–water partition coefficient (Wildman–Crippen LogP) is 3.15. The standard InChI is InChI=1S/C22H26N2O6S/c1-5-14(2)24-31(28,29)18-12-10-17(11-13-18)22(27)30-16(4)21(26)23-20-9-7-6-8-19(20)15(3)25/h6-14,16,24H,5H2,1-4H3,(H,23,26). The van der Waals surface area contributed by atoms with E-state index in [-0.39, 0.29) is 22.3 Å². The van der Waals surface area contributed by atoms with E-state index in [2.05, 4.69) is 10.0 Å². The minimum Gasteiger partial charge on any atom is -0.449 e. The molecule has 0 fully saturated rings. The molecule has 2 aromatic carbocycles. The van der Waals surface area contributed by atoms with Crippen LogP contribution in [-0.2, 0) is 19.6 Å². The molecule has 0 saturated heterocycles. The third kappa shape index (κ3) is 6.47. The van der Waals surface area contributed by atoms with E-state index in [1.165, 1.54) is 38.1 Å². The van der Waals surface area contributed by atoms with Crippen molar-refractivity contribution >= 4 is 33.4 Å². The summed E-state index contributed by atoms with van der Waals surface area (Å²) in [4.78, 5) is 36.4. The van der Waals surface area contributed by atoms with Crippen LogP contribution in [0.1, 0.15) is 54.8 Å². The van der Waals surface area contributed by atoms with Gasteiger partial charge in [0, 0.05) is 11.6 Å². The number of amides is 1. The number of rotatable bonds is 9. The lowest BCUT2D eigenvalue weighted by atomic mass is 10.1. The van der Waals surface area contributed by atoms with Gasteiger partial charge in [-0.15, -0.1) is 0 Å². The SMILES string of the molecule is CCC(C)NS(=O)(=O)c1ccc(C(=O)OC(C)C(=O)Nc2ccccc2C(C)=O)cc1. The summed E-state index contributed by atoms with van der Waals surface area (Å²) < 4.78 is 32.3. The Morgan fingerprint density at radius 1 is 1.00 bits per heavy atom. The lowest BCUT2D eigenvalue weighted by Crippen LogP contribution is -2.32. The molecule has 2 N–H and O–H groups in total. The molecule has 0 saturated carbocycles. The van der Waals surface area contributed by atoms with Crippen LogP contribution >= 0.6 is 0 Å². The molecule has 0 aromatic heterocycles. The van der Waals surface area contributed by atoms with Crippen molar-refractivity contribution in [2.75, 3.05) is 5.32 Å². The molecule has 0 spiro atoms. The van der Waals surface area contributed by atoms with Gasteiger partial charge in [-0.3, -0.25) is 9.59 Å². The molecule has 2 atom stereocenters. The number of benzene rings is 2. The summed E-state index contributed by atoms with van der Waals surface area (Å²) in [5.41, 5.74) is 0.773. The van der Waals surface area contributed by atoms with Crippen LogP contribution in [0.2, 0.25) is 0 Å². The Balaban J connectivity index is 2.04. The van der Waals surface area contributed by atoms with Crippen molar-refractivity contribution in [2.24, 2.45) is 0 Å². The first-order valence-electron chi connectivity index (χ1n) is 9.79. The zero-order chi connectivity index (χ0) is 23.2. The molecule has 0 heterocycles. The van der Waals surface area contributed by atoms with Gasteiger partial charge in [0.15, 0.2) is 11.9 Å². The van der Waals surface area contributed by atoms with Gasteiger partial charge in [0.05, 0.1) is 16.1 Å². The Hall–Kier alpha value is -3.04. The number of carbonyl (C=O) groups excluding carboxylic acids is 3. The molecule has 0 bridgehead atoms. The summed E-state index contributed by atoms with van der Waals surface area (Å²) in [7, 11) is -3.69. The van der Waals surface area contributed by atoms with Crippen LogP contribution < -0.4 is 10.0 Å². The molecule has 0 aliphatic heterocycles. The number of sulfonamides is 1. The number of para-hydroxylation sites is 1. The summed E-state index contributed by atoms with van der Waals surface area (Å²) in [6, 6.07) is 11.5. The zero-order valence-electron chi connectivity index (χ0n) is 17.8. The van der Waals surface area contributed by atoms with Crippen molar-refractivity contribution in [2.45, 2.75) is 51.2 Å². The van der Waals surface area contributed by atoms with Gasteiger partial charge in [-0.1, -0.05) is 19.1 Å². The number of ether oxygens (including phenoxy) is 1. The van der Waals surface area contributed by atoms with E-state index in [1.54, 1.807) is 31.2 Å². The summed E-state index contributed by atoms with van der Waals surface area (Å²) in [6.07, 6.45) is -0.497. The highest BCUT2D eigenvalue weighted by Gasteiger charge is 2.22. The van der Waals surface area contributed by atoms with Crippen LogP contribution in [0.25, 0.3) is 0 Å². The molecule has 0 radical (unpaired) electrons. The van der Waals surface area contributed by atoms with E-state index in [0.29, 0.717) is 17.7 Å². The van der Waals surface area contributed by atoms with Gasteiger partial charge in [0.25, 0.3) is 5.91 Å². The maximum atomic E-state index is 12.4. The Labute approximate surface area is 182 Å². The fourth-order valence-electron chi connectivity index (χ4n) is 2.60. The largest absolute Gasteiger partial charge is 0.449 e. The Kier molecular flexibility index (Phi) is 8.07. The Morgan fingerprint density at radius 2 is 1.61 bits per heavy atom. The first-order chi connectivity index (χ1) is 14.5.